The summed E-state index contributed by atoms with van der Waals surface area (Å²) < 4.78 is 0. The van der Waals surface area contributed by atoms with E-state index in [1.54, 1.807) is 0 Å². The minimum absolute atomic E-state index is 0.784. The second kappa shape index (κ2) is 6.17. The van der Waals surface area contributed by atoms with Gasteiger partial charge in [-0.15, -0.1) is 0 Å². The van der Waals surface area contributed by atoms with E-state index in [9.17, 15) is 0 Å². The van der Waals surface area contributed by atoms with Crippen molar-refractivity contribution < 1.29 is 0 Å². The van der Waals surface area contributed by atoms with E-state index in [0.717, 1.165) is 18.0 Å². The van der Waals surface area contributed by atoms with E-state index in [1.807, 2.05) is 0 Å². The van der Waals surface area contributed by atoms with Gasteiger partial charge in [-0.25, -0.2) is 0 Å². The fourth-order valence-corrected chi connectivity index (χ4v) is 3.55. The van der Waals surface area contributed by atoms with Crippen molar-refractivity contribution in [3.05, 3.63) is 0 Å². The molecule has 17 heavy (non-hydrogen) atoms. The average Bonchev–Trinajstić information content (AvgIpc) is 2.47. The molecule has 3 heteroatoms. The molecule has 0 spiro atoms. The van der Waals surface area contributed by atoms with Crippen molar-refractivity contribution in [2.45, 2.75) is 44.7 Å². The molecule has 2 fully saturated rings. The lowest BCUT2D eigenvalue weighted by Crippen LogP contribution is -2.55. The molecule has 0 aromatic carbocycles. The van der Waals surface area contributed by atoms with Crippen LogP contribution in [-0.2, 0) is 0 Å². The van der Waals surface area contributed by atoms with Crippen LogP contribution in [0.2, 0.25) is 0 Å². The summed E-state index contributed by atoms with van der Waals surface area (Å²) in [4.78, 5) is 5.34. The molecule has 1 N–H and O–H groups in total. The minimum atomic E-state index is 0.784. The Kier molecular flexibility index (Phi) is 4.83. The van der Waals surface area contributed by atoms with E-state index >= 15 is 0 Å². The first-order chi connectivity index (χ1) is 8.26. The van der Waals surface area contributed by atoms with Crippen molar-refractivity contribution in [2.24, 2.45) is 5.92 Å². The first kappa shape index (κ1) is 13.3. The zero-order valence-electron chi connectivity index (χ0n) is 11.8. The van der Waals surface area contributed by atoms with Gasteiger partial charge in [0.2, 0.25) is 0 Å². The molecule has 100 valence electrons. The second-order valence-corrected chi connectivity index (χ2v) is 5.88. The highest BCUT2D eigenvalue weighted by molar-refractivity contribution is 4.93. The first-order valence-electron chi connectivity index (χ1n) is 7.35. The molecule has 2 rings (SSSR count). The van der Waals surface area contributed by atoms with E-state index in [2.05, 4.69) is 36.1 Å². The summed E-state index contributed by atoms with van der Waals surface area (Å²) in [5.74, 6) is 0.900. The number of nitrogens with zero attached hydrogens (tertiary/aromatic N) is 2. The third-order valence-electron chi connectivity index (χ3n) is 4.69. The lowest BCUT2D eigenvalue weighted by molar-refractivity contribution is 0.0281. The topological polar surface area (TPSA) is 18.5 Å². The normalized spacial score (nSPS) is 36.5. The maximum absolute atomic E-state index is 3.36. The van der Waals surface area contributed by atoms with E-state index in [0.29, 0.717) is 0 Å². The minimum Gasteiger partial charge on any atom is -0.319 e. The highest BCUT2D eigenvalue weighted by Gasteiger charge is 2.38. The summed E-state index contributed by atoms with van der Waals surface area (Å²) >= 11 is 0. The van der Waals surface area contributed by atoms with Crippen molar-refractivity contribution in [3.63, 3.8) is 0 Å². The maximum Gasteiger partial charge on any atom is 0.0223 e. The van der Waals surface area contributed by atoms with Gasteiger partial charge in [0.05, 0.1) is 0 Å². The van der Waals surface area contributed by atoms with Crippen LogP contribution in [0, 0.1) is 5.92 Å². The number of likely N-dealkylation sites (N-methyl/N-ethyl adjacent to an activating group) is 1. The Bertz CT molecular complexity index is 232. The molecule has 0 aromatic heterocycles. The lowest BCUT2D eigenvalue weighted by atomic mass is 9.77. The van der Waals surface area contributed by atoms with Gasteiger partial charge in [0.1, 0.15) is 0 Å². The Morgan fingerprint density at radius 1 is 1.24 bits per heavy atom. The van der Waals surface area contributed by atoms with Gasteiger partial charge < -0.3 is 10.2 Å². The van der Waals surface area contributed by atoms with Crippen molar-refractivity contribution in [1.29, 1.82) is 0 Å². The van der Waals surface area contributed by atoms with Crippen LogP contribution < -0.4 is 5.32 Å². The molecule has 1 heterocycles. The van der Waals surface area contributed by atoms with Crippen molar-refractivity contribution in [3.8, 4) is 0 Å². The molecule has 1 saturated carbocycles. The van der Waals surface area contributed by atoms with Gasteiger partial charge in [0.25, 0.3) is 0 Å². The molecule has 3 unspecified atom stereocenters. The molecular formula is C14H29N3. The Labute approximate surface area is 107 Å². The summed E-state index contributed by atoms with van der Waals surface area (Å²) in [5, 5.41) is 3.36. The standard InChI is InChI=1S/C14H29N3/c1-4-13-11-16(3)8-5-9-17(13)14-7-6-12(14)10-15-2/h12-15H,4-11H2,1-3H3. The van der Waals surface area contributed by atoms with Crippen LogP contribution in [0.5, 0.6) is 0 Å². The van der Waals surface area contributed by atoms with Gasteiger partial charge in [-0.2, -0.15) is 0 Å². The average molecular weight is 239 g/mol. The van der Waals surface area contributed by atoms with Crippen LogP contribution in [0.4, 0.5) is 0 Å². The number of hydrogen-bond donors (Lipinski definition) is 1. The van der Waals surface area contributed by atoms with Crippen LogP contribution in [-0.4, -0.2) is 62.2 Å². The van der Waals surface area contributed by atoms with Crippen molar-refractivity contribution in [2.75, 3.05) is 40.3 Å². The Balaban J connectivity index is 1.96. The third kappa shape index (κ3) is 3.01. The molecule has 1 aliphatic carbocycles. The molecule has 0 radical (unpaired) electrons. The van der Waals surface area contributed by atoms with Gasteiger partial charge in [-0.3, -0.25) is 4.90 Å². The van der Waals surface area contributed by atoms with Crippen molar-refractivity contribution in [1.82, 2.24) is 15.1 Å². The summed E-state index contributed by atoms with van der Waals surface area (Å²) in [6, 6.07) is 1.64. The second-order valence-electron chi connectivity index (χ2n) is 5.88. The lowest BCUT2D eigenvalue weighted by Gasteiger charge is -2.47. The van der Waals surface area contributed by atoms with Gasteiger partial charge in [0, 0.05) is 25.2 Å². The van der Waals surface area contributed by atoms with Crippen LogP contribution in [0.3, 0.4) is 0 Å². The van der Waals surface area contributed by atoms with Crippen LogP contribution in [0.15, 0.2) is 0 Å². The van der Waals surface area contributed by atoms with Crippen LogP contribution >= 0.6 is 0 Å². The molecule has 3 nitrogen and oxygen atoms in total. The van der Waals surface area contributed by atoms with Gasteiger partial charge >= 0.3 is 0 Å². The van der Waals surface area contributed by atoms with Gasteiger partial charge in [0.15, 0.2) is 0 Å². The number of nitrogens with one attached hydrogen (secondary N) is 1. The monoisotopic (exact) mass is 239 g/mol. The Hall–Kier alpha value is -0.120. The summed E-state index contributed by atoms with van der Waals surface area (Å²) in [6.07, 6.45) is 5.49. The van der Waals surface area contributed by atoms with Gasteiger partial charge in [-0.05, 0) is 58.8 Å². The molecule has 0 amide bonds. The largest absolute Gasteiger partial charge is 0.319 e. The molecule has 3 atom stereocenters. The summed E-state index contributed by atoms with van der Waals surface area (Å²) in [7, 11) is 4.36. The maximum atomic E-state index is 3.36. The van der Waals surface area contributed by atoms with E-state index in [-0.39, 0.29) is 0 Å². The molecule has 1 aliphatic heterocycles. The predicted molar refractivity (Wildman–Crippen MR) is 73.3 cm³/mol. The third-order valence-corrected chi connectivity index (χ3v) is 4.69. The highest BCUT2D eigenvalue weighted by atomic mass is 15.3. The smallest absolute Gasteiger partial charge is 0.0223 e. The molecule has 0 bridgehead atoms. The molecular weight excluding hydrogens is 210 g/mol. The molecule has 2 aliphatic rings. The number of hydrogen-bond acceptors (Lipinski definition) is 3. The first-order valence-corrected chi connectivity index (χ1v) is 7.35. The molecule has 0 aromatic rings. The Morgan fingerprint density at radius 3 is 2.65 bits per heavy atom. The fourth-order valence-electron chi connectivity index (χ4n) is 3.55. The van der Waals surface area contributed by atoms with Crippen LogP contribution in [0.1, 0.15) is 32.6 Å². The van der Waals surface area contributed by atoms with E-state index in [1.165, 1.54) is 51.9 Å². The fraction of sp³-hybridized carbons (Fsp3) is 1.00. The zero-order chi connectivity index (χ0) is 12.3. The SMILES string of the molecule is CCC1CN(C)CCCN1C1CCC1CNC. The highest BCUT2D eigenvalue weighted by Crippen LogP contribution is 2.34. The van der Waals surface area contributed by atoms with Crippen molar-refractivity contribution >= 4 is 0 Å². The van der Waals surface area contributed by atoms with E-state index < -0.39 is 0 Å². The summed E-state index contributed by atoms with van der Waals surface area (Å²) in [5.41, 5.74) is 0. The zero-order valence-corrected chi connectivity index (χ0v) is 11.8. The summed E-state index contributed by atoms with van der Waals surface area (Å²) in [6.45, 7) is 7.40. The number of rotatable bonds is 4. The quantitative estimate of drug-likeness (QED) is 0.800. The van der Waals surface area contributed by atoms with Gasteiger partial charge in [-0.1, -0.05) is 6.92 Å². The van der Waals surface area contributed by atoms with Crippen LogP contribution in [0.25, 0.3) is 0 Å². The Morgan fingerprint density at radius 2 is 2.06 bits per heavy atom. The molecule has 1 saturated heterocycles. The predicted octanol–water partition coefficient (Wildman–Crippen LogP) is 1.40. The van der Waals surface area contributed by atoms with E-state index in [4.69, 9.17) is 0 Å².